The molecule has 0 spiro atoms. The summed E-state index contributed by atoms with van der Waals surface area (Å²) in [6, 6.07) is 13.4. The number of nitrogens with zero attached hydrogens (tertiary/aromatic N) is 7. The maximum absolute atomic E-state index is 14.7. The number of likely N-dealkylation sites (N-methyl/N-ethyl adjacent to an activating group) is 1. The number of hydrogen-bond donors (Lipinski definition) is 2. The molecule has 2 saturated heterocycles. The third kappa shape index (κ3) is 10.8. The number of benzene rings is 2. The molecular weight excluding hydrogens is 865 g/mol. The Labute approximate surface area is 398 Å². The van der Waals surface area contributed by atoms with Crippen LogP contribution in [0.2, 0.25) is 0 Å². The van der Waals surface area contributed by atoms with Crippen molar-refractivity contribution in [3.63, 3.8) is 0 Å². The van der Waals surface area contributed by atoms with Gasteiger partial charge < -0.3 is 28.9 Å². The number of aromatic hydroxyl groups is 1. The number of hydrogen-bond acceptors (Lipinski definition) is 11. The molecule has 0 aliphatic carbocycles. The van der Waals surface area contributed by atoms with Crippen LogP contribution in [0.1, 0.15) is 64.3 Å². The molecule has 0 unspecified atom stereocenters. The zero-order chi connectivity index (χ0) is 49.0. The predicted octanol–water partition coefficient (Wildman–Crippen LogP) is 4.88. The Balaban J connectivity index is 1.29. The number of likely N-dealkylation sites (tertiary alicyclic amines) is 1. The van der Waals surface area contributed by atoms with Crippen LogP contribution in [0.3, 0.4) is 0 Å². The first-order chi connectivity index (χ1) is 32.4. The Morgan fingerprint density at radius 2 is 1.84 bits per heavy atom. The lowest BCUT2D eigenvalue weighted by Crippen LogP contribution is -2.58. The molecule has 4 aromatic rings. The van der Waals surface area contributed by atoms with Gasteiger partial charge in [-0.3, -0.25) is 38.9 Å². The molecular formula is C52H64N8O8. The molecule has 2 aromatic heterocycles. The number of fused-ring (bicyclic) bond motifs is 6. The first kappa shape index (κ1) is 49.5. The monoisotopic (exact) mass is 928 g/mol. The summed E-state index contributed by atoms with van der Waals surface area (Å²) in [7, 11) is 6.90. The molecule has 3 aliphatic heterocycles. The van der Waals surface area contributed by atoms with Gasteiger partial charge in [0.25, 0.3) is 17.7 Å². The summed E-state index contributed by atoms with van der Waals surface area (Å²) >= 11 is 0. The molecule has 0 radical (unpaired) electrons. The quantitative estimate of drug-likeness (QED) is 0.173. The lowest BCUT2D eigenvalue weighted by atomic mass is 9.84. The molecule has 2 atom stereocenters. The van der Waals surface area contributed by atoms with Crippen LogP contribution >= 0.6 is 0 Å². The summed E-state index contributed by atoms with van der Waals surface area (Å²) in [5.41, 5.74) is 9.17. The number of carbonyl (C=O) groups is 5. The Hall–Kier alpha value is -6.41. The van der Waals surface area contributed by atoms with Crippen LogP contribution in [-0.2, 0) is 59.4 Å². The third-order valence-corrected chi connectivity index (χ3v) is 12.8. The van der Waals surface area contributed by atoms with E-state index >= 15 is 0 Å². The second-order valence-electron chi connectivity index (χ2n) is 19.5. The fraction of sp³-hybridized carbons (Fsp3) is 0.481. The summed E-state index contributed by atoms with van der Waals surface area (Å²) in [4.78, 5) is 83.4. The molecule has 2 fully saturated rings. The third-order valence-electron chi connectivity index (χ3n) is 12.8. The lowest BCUT2D eigenvalue weighted by molar-refractivity contribution is -0.153. The Kier molecular flexibility index (Phi) is 15.2. The topological polar surface area (TPSA) is 179 Å². The zero-order valence-corrected chi connectivity index (χ0v) is 40.7. The van der Waals surface area contributed by atoms with Crippen LogP contribution in [0.4, 0.5) is 0 Å². The number of methoxy groups -OCH3 is 1. The number of aromatic nitrogens is 2. The minimum absolute atomic E-state index is 0.0427. The Morgan fingerprint density at radius 1 is 1.07 bits per heavy atom. The van der Waals surface area contributed by atoms with Crippen molar-refractivity contribution < 1.29 is 38.6 Å². The Bertz CT molecular complexity index is 2690. The van der Waals surface area contributed by atoms with E-state index in [1.807, 2.05) is 37.2 Å². The average molecular weight is 929 g/mol. The van der Waals surface area contributed by atoms with E-state index in [4.69, 9.17) is 14.5 Å². The van der Waals surface area contributed by atoms with Gasteiger partial charge in [-0.2, -0.15) is 0 Å². The van der Waals surface area contributed by atoms with Gasteiger partial charge in [-0.15, -0.1) is 0 Å². The SMILES string of the molecule is CCn1c(-c2cccnc2COC)c2c3cc(ccc31)-c1cc(O)cc(c1)CC(=NC(=O)[C@H](C(C)C)N(C)C(=O)C1CN(C(=O)C#CCN(C)C)C1)C(=O)N1CCC[C@H](N1)C(=O)OCC(C)(C)C2. The van der Waals surface area contributed by atoms with Gasteiger partial charge in [0.05, 0.1) is 37.1 Å². The van der Waals surface area contributed by atoms with E-state index in [0.29, 0.717) is 50.1 Å². The largest absolute Gasteiger partial charge is 0.508 e. The van der Waals surface area contributed by atoms with E-state index < -0.39 is 47.1 Å². The number of aryl methyl sites for hydroxylation is 1. The molecule has 16 nitrogen and oxygen atoms in total. The smallest absolute Gasteiger partial charge is 0.324 e. The van der Waals surface area contributed by atoms with E-state index in [1.54, 1.807) is 46.3 Å². The number of pyridine rings is 1. The highest BCUT2D eigenvalue weighted by Gasteiger charge is 2.41. The van der Waals surface area contributed by atoms with Crippen molar-refractivity contribution in [2.24, 2.45) is 22.2 Å². The van der Waals surface area contributed by atoms with Gasteiger partial charge in [0, 0.05) is 74.8 Å². The fourth-order valence-electron chi connectivity index (χ4n) is 9.45. The molecule has 6 bridgehead atoms. The highest BCUT2D eigenvalue weighted by Crippen LogP contribution is 2.41. The van der Waals surface area contributed by atoms with Gasteiger partial charge in [-0.25, -0.2) is 10.4 Å². The van der Waals surface area contributed by atoms with Gasteiger partial charge in [0.2, 0.25) is 5.91 Å². The summed E-state index contributed by atoms with van der Waals surface area (Å²) in [5, 5.41) is 13.6. The van der Waals surface area contributed by atoms with Crippen molar-refractivity contribution >= 4 is 46.2 Å². The van der Waals surface area contributed by atoms with E-state index in [2.05, 4.69) is 65.8 Å². The molecule has 3 aliphatic rings. The van der Waals surface area contributed by atoms with Crippen LogP contribution in [0.5, 0.6) is 5.75 Å². The second kappa shape index (κ2) is 20.8. The molecule has 0 saturated carbocycles. The molecule has 2 N–H and O–H groups in total. The molecule has 16 heteroatoms. The first-order valence-corrected chi connectivity index (χ1v) is 23.4. The Morgan fingerprint density at radius 3 is 2.54 bits per heavy atom. The van der Waals surface area contributed by atoms with E-state index in [1.165, 1.54) is 14.8 Å². The number of amides is 4. The molecule has 2 aromatic carbocycles. The number of ether oxygens (including phenoxy) is 2. The van der Waals surface area contributed by atoms with Gasteiger partial charge in [-0.05, 0) is 111 Å². The maximum Gasteiger partial charge on any atom is 0.324 e. The summed E-state index contributed by atoms with van der Waals surface area (Å²) in [6.45, 7) is 11.9. The summed E-state index contributed by atoms with van der Waals surface area (Å²) in [5.74, 6) is 1.95. The van der Waals surface area contributed by atoms with E-state index in [9.17, 15) is 29.1 Å². The van der Waals surface area contributed by atoms with Crippen molar-refractivity contribution in [2.45, 2.75) is 85.5 Å². The number of phenolic OH excluding ortho intramolecular Hbond substituents is 1. The van der Waals surface area contributed by atoms with Crippen molar-refractivity contribution in [3.05, 3.63) is 71.5 Å². The minimum atomic E-state index is -1.04. The number of rotatable bonds is 9. The number of hydrazine groups is 1. The lowest BCUT2D eigenvalue weighted by Gasteiger charge is -2.40. The van der Waals surface area contributed by atoms with Crippen LogP contribution in [0.15, 0.2) is 59.7 Å². The summed E-state index contributed by atoms with van der Waals surface area (Å²) < 4.78 is 14.0. The van der Waals surface area contributed by atoms with Crippen molar-refractivity contribution in [2.75, 3.05) is 61.0 Å². The second-order valence-corrected chi connectivity index (χ2v) is 19.5. The molecule has 5 heterocycles. The van der Waals surface area contributed by atoms with E-state index in [-0.39, 0.29) is 55.9 Å². The van der Waals surface area contributed by atoms with Gasteiger partial charge in [0.1, 0.15) is 23.5 Å². The van der Waals surface area contributed by atoms with Crippen LogP contribution < -0.4 is 5.43 Å². The molecule has 4 amide bonds. The number of aliphatic imine (C=N–C) groups is 1. The molecule has 360 valence electrons. The van der Waals surface area contributed by atoms with Crippen LogP contribution in [-0.4, -0.2) is 143 Å². The first-order valence-electron chi connectivity index (χ1n) is 23.4. The number of cyclic esters (lactones) is 1. The van der Waals surface area contributed by atoms with Crippen LogP contribution in [0.25, 0.3) is 33.3 Å². The minimum Gasteiger partial charge on any atom is -0.508 e. The molecule has 7 rings (SSSR count). The zero-order valence-electron chi connectivity index (χ0n) is 40.7. The highest BCUT2D eigenvalue weighted by atomic mass is 16.5. The van der Waals surface area contributed by atoms with Crippen molar-refractivity contribution in [3.8, 4) is 40.0 Å². The highest BCUT2D eigenvalue weighted by molar-refractivity contribution is 6.40. The number of carbonyl (C=O) groups excluding carboxylic acids is 5. The molecule has 68 heavy (non-hydrogen) atoms. The van der Waals surface area contributed by atoms with Crippen LogP contribution in [0, 0.1) is 29.1 Å². The number of esters is 1. The van der Waals surface area contributed by atoms with Crippen molar-refractivity contribution in [1.29, 1.82) is 0 Å². The number of nitrogens with one attached hydrogen (secondary N) is 1. The van der Waals surface area contributed by atoms with Gasteiger partial charge in [-0.1, -0.05) is 45.7 Å². The van der Waals surface area contributed by atoms with E-state index in [0.717, 1.165) is 39.0 Å². The standard InChI is InChI=1S/C52H64N8O8/c1-10-59-44-18-17-34-26-39(44)40(47(59)38-14-11-19-53-43(38)30-67-9)27-52(4,5)31-68-51(66)41-15-12-21-60(55-41)50(65)42(24-33-22-35(34)25-37(61)23-33)54-48(63)46(32(2)3)57(8)49(64)36-28-58(29-36)45(62)16-13-20-56(6)7/h11,14,17-19,22-23,25-26,32,36,41,46,55,61H,10,12,15,20-21,24,27-31H2,1-9H3/t41-,46-/m0/s1. The maximum atomic E-state index is 14.7. The van der Waals surface area contributed by atoms with Crippen molar-refractivity contribution in [1.82, 2.24) is 34.7 Å². The van der Waals surface area contributed by atoms with Gasteiger partial charge >= 0.3 is 5.97 Å². The average Bonchev–Trinajstić information content (AvgIpc) is 3.58. The summed E-state index contributed by atoms with van der Waals surface area (Å²) in [6.07, 6.45) is 3.03. The normalized spacial score (nSPS) is 18.8. The fourth-order valence-corrected chi connectivity index (χ4v) is 9.45. The number of phenols is 1. The van der Waals surface area contributed by atoms with Gasteiger partial charge in [0.15, 0.2) is 0 Å². The predicted molar refractivity (Wildman–Crippen MR) is 259 cm³/mol.